The van der Waals surface area contributed by atoms with Crippen LogP contribution in [0.2, 0.25) is 0 Å². The first-order valence-corrected chi connectivity index (χ1v) is 7.11. The van der Waals surface area contributed by atoms with Crippen LogP contribution in [0.3, 0.4) is 0 Å². The zero-order chi connectivity index (χ0) is 14.9. The van der Waals surface area contributed by atoms with E-state index in [1.165, 1.54) is 6.07 Å². The third-order valence-corrected chi connectivity index (χ3v) is 4.35. The minimum Gasteiger partial charge on any atom is -0.389 e. The molecule has 0 radical (unpaired) electrons. The average molecular weight is 278 g/mol. The third-order valence-electron chi connectivity index (χ3n) is 4.35. The smallest absolute Gasteiger partial charge is 0.292 e. The Kier molecular flexibility index (Phi) is 4.28. The standard InChI is InChI=1S/C15H22N2O3/c1-10-6-7-16(9-11(10)2)14-5-4-13(12(3)18)8-15(14)17(19)20/h4-5,8,10-12,18H,6-7,9H2,1-3H3. The lowest BCUT2D eigenvalue weighted by Crippen LogP contribution is -2.38. The first kappa shape index (κ1) is 14.8. The number of benzene rings is 1. The fraction of sp³-hybridized carbons (Fsp3) is 0.600. The number of anilines is 1. The lowest BCUT2D eigenvalue weighted by atomic mass is 9.88. The van der Waals surface area contributed by atoms with Gasteiger partial charge in [0.25, 0.3) is 5.69 Å². The SMILES string of the molecule is CC(O)c1ccc(N2CCC(C)C(C)C2)c([N+](=O)[O-])c1. The molecule has 0 spiro atoms. The van der Waals surface area contributed by atoms with Crippen LogP contribution in [0, 0.1) is 22.0 Å². The molecule has 3 unspecified atom stereocenters. The Balaban J connectivity index is 2.33. The van der Waals surface area contributed by atoms with E-state index in [2.05, 4.69) is 18.7 Å². The van der Waals surface area contributed by atoms with Crippen molar-refractivity contribution in [3.63, 3.8) is 0 Å². The molecule has 0 aliphatic carbocycles. The molecule has 1 saturated heterocycles. The van der Waals surface area contributed by atoms with Crippen LogP contribution >= 0.6 is 0 Å². The molecule has 20 heavy (non-hydrogen) atoms. The summed E-state index contributed by atoms with van der Waals surface area (Å²) >= 11 is 0. The van der Waals surface area contributed by atoms with Crippen LogP contribution in [0.5, 0.6) is 0 Å². The molecule has 1 aliphatic rings. The van der Waals surface area contributed by atoms with Crippen molar-refractivity contribution in [3.8, 4) is 0 Å². The van der Waals surface area contributed by atoms with Crippen LogP contribution in [0.1, 0.15) is 38.9 Å². The van der Waals surface area contributed by atoms with Crippen LogP contribution < -0.4 is 4.90 Å². The summed E-state index contributed by atoms with van der Waals surface area (Å²) in [4.78, 5) is 13.0. The summed E-state index contributed by atoms with van der Waals surface area (Å²) in [7, 11) is 0. The van der Waals surface area contributed by atoms with Crippen LogP contribution in [0.15, 0.2) is 18.2 Å². The number of nitro benzene ring substituents is 1. The normalized spacial score (nSPS) is 24.5. The van der Waals surface area contributed by atoms with Gasteiger partial charge < -0.3 is 10.0 Å². The fourth-order valence-electron chi connectivity index (χ4n) is 2.70. The van der Waals surface area contributed by atoms with Crippen molar-refractivity contribution >= 4 is 11.4 Å². The lowest BCUT2D eigenvalue weighted by Gasteiger charge is -2.36. The van der Waals surface area contributed by atoms with E-state index in [1.54, 1.807) is 19.1 Å². The molecule has 5 nitrogen and oxygen atoms in total. The van der Waals surface area contributed by atoms with E-state index in [1.807, 2.05) is 0 Å². The molecule has 0 aromatic heterocycles. The first-order chi connectivity index (χ1) is 9.40. The Bertz CT molecular complexity index is 502. The van der Waals surface area contributed by atoms with Crippen LogP contribution in [0.25, 0.3) is 0 Å². The number of aliphatic hydroxyl groups is 1. The maximum absolute atomic E-state index is 11.3. The van der Waals surface area contributed by atoms with Crippen molar-refractivity contribution in [2.45, 2.75) is 33.3 Å². The van der Waals surface area contributed by atoms with Gasteiger partial charge in [-0.1, -0.05) is 19.9 Å². The van der Waals surface area contributed by atoms with Gasteiger partial charge in [0.15, 0.2) is 0 Å². The van der Waals surface area contributed by atoms with Crippen molar-refractivity contribution in [3.05, 3.63) is 33.9 Å². The molecule has 1 aliphatic heterocycles. The van der Waals surface area contributed by atoms with E-state index in [0.717, 1.165) is 19.5 Å². The summed E-state index contributed by atoms with van der Waals surface area (Å²) in [6.45, 7) is 7.72. The second-order valence-electron chi connectivity index (χ2n) is 5.87. The number of piperidine rings is 1. The Morgan fingerprint density at radius 1 is 1.40 bits per heavy atom. The molecule has 1 fully saturated rings. The van der Waals surface area contributed by atoms with Crippen molar-refractivity contribution < 1.29 is 10.0 Å². The van der Waals surface area contributed by atoms with Crippen LogP contribution in [0.4, 0.5) is 11.4 Å². The highest BCUT2D eigenvalue weighted by Crippen LogP contribution is 2.34. The van der Waals surface area contributed by atoms with Gasteiger partial charge in [0, 0.05) is 19.2 Å². The second kappa shape index (κ2) is 5.79. The molecular weight excluding hydrogens is 256 g/mol. The summed E-state index contributed by atoms with van der Waals surface area (Å²) < 4.78 is 0. The minimum absolute atomic E-state index is 0.0881. The molecule has 0 saturated carbocycles. The van der Waals surface area contributed by atoms with E-state index in [-0.39, 0.29) is 10.6 Å². The van der Waals surface area contributed by atoms with E-state index < -0.39 is 6.10 Å². The summed E-state index contributed by atoms with van der Waals surface area (Å²) in [5, 5.41) is 20.9. The predicted octanol–water partition coefficient (Wildman–Crippen LogP) is 3.13. The predicted molar refractivity (Wildman–Crippen MR) is 78.9 cm³/mol. The van der Waals surface area contributed by atoms with Crippen LogP contribution in [-0.4, -0.2) is 23.1 Å². The Hall–Kier alpha value is -1.62. The molecule has 110 valence electrons. The number of hydrogen-bond acceptors (Lipinski definition) is 4. The molecule has 1 aromatic carbocycles. The summed E-state index contributed by atoms with van der Waals surface area (Å²) in [5.41, 5.74) is 1.34. The van der Waals surface area contributed by atoms with Gasteiger partial charge in [-0.3, -0.25) is 10.1 Å². The maximum Gasteiger partial charge on any atom is 0.292 e. The number of nitrogens with zero attached hydrogens (tertiary/aromatic N) is 2. The summed E-state index contributed by atoms with van der Waals surface area (Å²) in [6, 6.07) is 5.03. The molecule has 2 rings (SSSR count). The van der Waals surface area contributed by atoms with Crippen molar-refractivity contribution in [1.29, 1.82) is 0 Å². The highest BCUT2D eigenvalue weighted by atomic mass is 16.6. The first-order valence-electron chi connectivity index (χ1n) is 7.11. The van der Waals surface area contributed by atoms with Gasteiger partial charge in [0.1, 0.15) is 5.69 Å². The third kappa shape index (κ3) is 2.93. The Morgan fingerprint density at radius 3 is 2.65 bits per heavy atom. The van der Waals surface area contributed by atoms with Crippen molar-refractivity contribution in [1.82, 2.24) is 0 Å². The van der Waals surface area contributed by atoms with Gasteiger partial charge in [-0.15, -0.1) is 0 Å². The van der Waals surface area contributed by atoms with Gasteiger partial charge in [-0.2, -0.15) is 0 Å². The summed E-state index contributed by atoms with van der Waals surface area (Å²) in [6.07, 6.45) is 0.360. The minimum atomic E-state index is -0.692. The lowest BCUT2D eigenvalue weighted by molar-refractivity contribution is -0.384. The van der Waals surface area contributed by atoms with Crippen LogP contribution in [-0.2, 0) is 0 Å². The number of aliphatic hydroxyl groups excluding tert-OH is 1. The number of hydrogen-bond donors (Lipinski definition) is 1. The van der Waals surface area contributed by atoms with E-state index in [9.17, 15) is 15.2 Å². The van der Waals surface area contributed by atoms with Gasteiger partial charge in [0.2, 0.25) is 0 Å². The number of nitro groups is 1. The molecule has 1 heterocycles. The monoisotopic (exact) mass is 278 g/mol. The Labute approximate surface area is 119 Å². The quantitative estimate of drug-likeness (QED) is 0.681. The second-order valence-corrected chi connectivity index (χ2v) is 5.87. The maximum atomic E-state index is 11.3. The molecule has 1 N–H and O–H groups in total. The fourth-order valence-corrected chi connectivity index (χ4v) is 2.70. The molecule has 5 heteroatoms. The summed E-state index contributed by atoms with van der Waals surface area (Å²) in [5.74, 6) is 1.18. The van der Waals surface area contributed by atoms with Gasteiger partial charge in [-0.25, -0.2) is 0 Å². The highest BCUT2D eigenvalue weighted by Gasteiger charge is 2.27. The molecule has 0 amide bonds. The molecule has 3 atom stereocenters. The topological polar surface area (TPSA) is 66.6 Å². The van der Waals surface area contributed by atoms with Gasteiger partial charge >= 0.3 is 0 Å². The molecule has 0 bridgehead atoms. The number of rotatable bonds is 3. The molecule has 1 aromatic rings. The largest absolute Gasteiger partial charge is 0.389 e. The highest BCUT2D eigenvalue weighted by molar-refractivity contribution is 5.64. The average Bonchev–Trinajstić information content (AvgIpc) is 2.41. The Morgan fingerprint density at radius 2 is 2.10 bits per heavy atom. The zero-order valence-corrected chi connectivity index (χ0v) is 12.2. The van der Waals surface area contributed by atoms with E-state index >= 15 is 0 Å². The van der Waals surface area contributed by atoms with Gasteiger partial charge in [0.05, 0.1) is 11.0 Å². The van der Waals surface area contributed by atoms with Gasteiger partial charge in [-0.05, 0) is 36.8 Å². The van der Waals surface area contributed by atoms with Crippen molar-refractivity contribution in [2.24, 2.45) is 11.8 Å². The van der Waals surface area contributed by atoms with E-state index in [0.29, 0.717) is 23.1 Å². The van der Waals surface area contributed by atoms with Crippen molar-refractivity contribution in [2.75, 3.05) is 18.0 Å². The zero-order valence-electron chi connectivity index (χ0n) is 12.2. The van der Waals surface area contributed by atoms with E-state index in [4.69, 9.17) is 0 Å². The molecular formula is C15H22N2O3.